The maximum Gasteiger partial charge on any atom is 0.469 e. The molecule has 2 N–H and O–H groups in total. The fourth-order valence-electron chi connectivity index (χ4n) is 5.62. The van der Waals surface area contributed by atoms with Gasteiger partial charge in [0.05, 0.1) is 13.0 Å². The fraction of sp³-hybridized carbons (Fsp3) is 0.689. The van der Waals surface area contributed by atoms with E-state index in [2.05, 4.69) is 73.1 Å². The van der Waals surface area contributed by atoms with Crippen molar-refractivity contribution in [3.05, 3.63) is 72.9 Å². The van der Waals surface area contributed by atoms with Gasteiger partial charge in [0.15, 0.2) is 6.10 Å². The SMILES string of the molecule is CC/C=C\C/C=C\C/C=C\C/C=C\C/C=C\CC(=O)OC(COC(=O)CCCCCCCCCCC/C=C\CCCCCCCCCC)COP(=O)(O)O. The summed E-state index contributed by atoms with van der Waals surface area (Å²) in [5.41, 5.74) is 0. The molecule has 0 radical (unpaired) electrons. The molecule has 0 aromatic heterocycles. The molecule has 1 atom stereocenters. The summed E-state index contributed by atoms with van der Waals surface area (Å²) in [6.07, 6.45) is 52.3. The Bertz CT molecular complexity index is 1100. The van der Waals surface area contributed by atoms with Crippen molar-refractivity contribution in [2.75, 3.05) is 13.2 Å². The number of carbonyl (C=O) groups excluding carboxylic acids is 2. The highest BCUT2D eigenvalue weighted by Gasteiger charge is 2.22. The highest BCUT2D eigenvalue weighted by atomic mass is 31.2. The van der Waals surface area contributed by atoms with Gasteiger partial charge in [-0.05, 0) is 64.2 Å². The van der Waals surface area contributed by atoms with Gasteiger partial charge in [0, 0.05) is 6.42 Å². The first kappa shape index (κ1) is 51.5. The van der Waals surface area contributed by atoms with E-state index in [4.69, 9.17) is 19.3 Å². The molecule has 310 valence electrons. The van der Waals surface area contributed by atoms with Crippen LogP contribution in [-0.4, -0.2) is 41.0 Å². The number of carbonyl (C=O) groups is 2. The van der Waals surface area contributed by atoms with E-state index >= 15 is 0 Å². The topological polar surface area (TPSA) is 119 Å². The first-order valence-electron chi connectivity index (χ1n) is 21.2. The second-order valence-corrected chi connectivity index (χ2v) is 15.2. The molecule has 0 aromatic rings. The number of hydrogen-bond acceptors (Lipinski definition) is 6. The summed E-state index contributed by atoms with van der Waals surface area (Å²) >= 11 is 0. The van der Waals surface area contributed by atoms with Gasteiger partial charge >= 0.3 is 19.8 Å². The zero-order chi connectivity index (χ0) is 39.6. The van der Waals surface area contributed by atoms with Crippen LogP contribution in [0.15, 0.2) is 72.9 Å². The first-order valence-corrected chi connectivity index (χ1v) is 22.8. The van der Waals surface area contributed by atoms with Crippen LogP contribution in [0.1, 0.15) is 181 Å². The van der Waals surface area contributed by atoms with Crippen molar-refractivity contribution in [3.63, 3.8) is 0 Å². The Hall–Kier alpha value is -2.51. The average Bonchev–Trinajstić information content (AvgIpc) is 3.14. The molecule has 0 spiro atoms. The van der Waals surface area contributed by atoms with Crippen molar-refractivity contribution in [1.82, 2.24) is 0 Å². The number of allylic oxidation sites excluding steroid dienone is 11. The summed E-state index contributed by atoms with van der Waals surface area (Å²) in [4.78, 5) is 42.8. The number of phosphoric acid groups is 1. The van der Waals surface area contributed by atoms with Crippen LogP contribution < -0.4 is 0 Å². The number of rotatable bonds is 38. The van der Waals surface area contributed by atoms with E-state index in [0.29, 0.717) is 12.8 Å². The molecule has 0 saturated heterocycles. The van der Waals surface area contributed by atoms with Gasteiger partial charge in [-0.2, -0.15) is 0 Å². The van der Waals surface area contributed by atoms with Crippen LogP contribution in [0.5, 0.6) is 0 Å². The second kappa shape index (κ2) is 40.2. The van der Waals surface area contributed by atoms with Crippen molar-refractivity contribution < 1.29 is 37.9 Å². The van der Waals surface area contributed by atoms with Crippen molar-refractivity contribution >= 4 is 19.8 Å². The molecule has 9 heteroatoms. The molecule has 0 aliphatic rings. The van der Waals surface area contributed by atoms with Gasteiger partial charge in [-0.15, -0.1) is 0 Å². The van der Waals surface area contributed by atoms with E-state index in [1.54, 1.807) is 6.08 Å². The van der Waals surface area contributed by atoms with E-state index in [1.165, 1.54) is 96.3 Å². The summed E-state index contributed by atoms with van der Waals surface area (Å²) in [6, 6.07) is 0. The lowest BCUT2D eigenvalue weighted by Gasteiger charge is -2.18. The fourth-order valence-corrected chi connectivity index (χ4v) is 5.98. The Morgan fingerprint density at radius 1 is 0.519 bits per heavy atom. The maximum atomic E-state index is 12.3. The van der Waals surface area contributed by atoms with E-state index in [1.807, 2.05) is 12.2 Å². The number of hydrogen-bond donors (Lipinski definition) is 2. The normalized spacial score (nSPS) is 13.2. The van der Waals surface area contributed by atoms with Crippen molar-refractivity contribution in [3.8, 4) is 0 Å². The highest BCUT2D eigenvalue weighted by Crippen LogP contribution is 2.36. The monoisotopic (exact) mass is 777 g/mol. The summed E-state index contributed by atoms with van der Waals surface area (Å²) in [6.45, 7) is 3.48. The molecule has 0 amide bonds. The van der Waals surface area contributed by atoms with Crippen molar-refractivity contribution in [2.24, 2.45) is 0 Å². The Kier molecular flexibility index (Phi) is 38.3. The van der Waals surface area contributed by atoms with Gasteiger partial charge in [0.25, 0.3) is 0 Å². The Morgan fingerprint density at radius 2 is 0.944 bits per heavy atom. The molecule has 0 heterocycles. The lowest BCUT2D eigenvalue weighted by Crippen LogP contribution is -2.29. The molecule has 0 fully saturated rings. The van der Waals surface area contributed by atoms with Gasteiger partial charge < -0.3 is 19.3 Å². The van der Waals surface area contributed by atoms with Gasteiger partial charge in [0.1, 0.15) is 6.61 Å². The zero-order valence-electron chi connectivity index (χ0n) is 34.1. The van der Waals surface area contributed by atoms with Gasteiger partial charge in [0.2, 0.25) is 0 Å². The third kappa shape index (κ3) is 42.2. The molecule has 0 aromatic carbocycles. The molecule has 0 rings (SSSR count). The first-order chi connectivity index (χ1) is 26.3. The number of phosphoric ester groups is 1. The summed E-state index contributed by atoms with van der Waals surface area (Å²) in [5, 5.41) is 0. The molecular formula is C45H77O8P. The molecule has 0 bridgehead atoms. The van der Waals surface area contributed by atoms with Crippen LogP contribution in [-0.2, 0) is 28.2 Å². The predicted octanol–water partition coefficient (Wildman–Crippen LogP) is 13.1. The molecule has 54 heavy (non-hydrogen) atoms. The minimum atomic E-state index is -4.78. The summed E-state index contributed by atoms with van der Waals surface area (Å²) < 4.78 is 26.3. The summed E-state index contributed by atoms with van der Waals surface area (Å²) in [7, 11) is -4.78. The van der Waals surface area contributed by atoms with Crippen LogP contribution in [0.25, 0.3) is 0 Å². The maximum absolute atomic E-state index is 12.3. The predicted molar refractivity (Wildman–Crippen MR) is 225 cm³/mol. The number of unbranched alkanes of at least 4 members (excludes halogenated alkanes) is 17. The standard InChI is InChI=1S/C45H77O8P/c1-3-5-7-9-11-13-15-17-19-20-21-22-23-24-26-27-29-31-33-35-37-39-44(46)51-41-43(42-52-54(48,49)50)53-45(47)40-38-36-34-32-30-28-25-18-16-14-12-10-8-6-4-2/h6,8,12,14,18,20-21,25,30,32,36,38,43H,3-5,7,9-11,13,15-17,19,22-24,26-29,31,33-35,37,39-42H2,1-2H3,(H2,48,49,50)/b8-6-,14-12-,21-20-,25-18-,32-30-,38-36-. The highest BCUT2D eigenvalue weighted by molar-refractivity contribution is 7.46. The largest absolute Gasteiger partial charge is 0.469 e. The van der Waals surface area contributed by atoms with Crippen molar-refractivity contribution in [1.29, 1.82) is 0 Å². The van der Waals surface area contributed by atoms with Crippen LogP contribution in [0, 0.1) is 0 Å². The molecule has 8 nitrogen and oxygen atoms in total. The third-order valence-corrected chi connectivity index (χ3v) is 9.23. The molecule has 0 aliphatic heterocycles. The second-order valence-electron chi connectivity index (χ2n) is 13.9. The van der Waals surface area contributed by atoms with Gasteiger partial charge in [-0.3, -0.25) is 14.1 Å². The van der Waals surface area contributed by atoms with Crippen LogP contribution >= 0.6 is 7.82 Å². The Balaban J connectivity index is 3.99. The van der Waals surface area contributed by atoms with Crippen LogP contribution in [0.4, 0.5) is 0 Å². The Morgan fingerprint density at radius 3 is 1.41 bits per heavy atom. The Labute approximate surface area is 329 Å². The lowest BCUT2D eigenvalue weighted by molar-refractivity contribution is -0.160. The number of ether oxygens (including phenoxy) is 2. The van der Waals surface area contributed by atoms with Gasteiger partial charge in [-0.25, -0.2) is 4.57 Å². The average molecular weight is 777 g/mol. The molecule has 1 unspecified atom stereocenters. The van der Waals surface area contributed by atoms with Crippen LogP contribution in [0.2, 0.25) is 0 Å². The van der Waals surface area contributed by atoms with E-state index in [0.717, 1.165) is 44.9 Å². The minimum Gasteiger partial charge on any atom is -0.462 e. The van der Waals surface area contributed by atoms with Crippen LogP contribution in [0.3, 0.4) is 0 Å². The van der Waals surface area contributed by atoms with E-state index < -0.39 is 32.5 Å². The van der Waals surface area contributed by atoms with Gasteiger partial charge in [-0.1, -0.05) is 177 Å². The summed E-state index contributed by atoms with van der Waals surface area (Å²) in [5.74, 6) is -1.04. The number of esters is 2. The van der Waals surface area contributed by atoms with E-state index in [-0.39, 0.29) is 19.4 Å². The smallest absolute Gasteiger partial charge is 0.462 e. The zero-order valence-corrected chi connectivity index (χ0v) is 35.0. The minimum absolute atomic E-state index is 0.0232. The molecule has 0 saturated carbocycles. The quantitative estimate of drug-likeness (QED) is 0.0275. The van der Waals surface area contributed by atoms with E-state index in [9.17, 15) is 14.2 Å². The third-order valence-electron chi connectivity index (χ3n) is 8.74. The molecule has 0 aliphatic carbocycles. The molecular weight excluding hydrogens is 699 g/mol. The lowest BCUT2D eigenvalue weighted by atomic mass is 10.1. The van der Waals surface area contributed by atoms with Crippen molar-refractivity contribution in [2.45, 2.75) is 187 Å².